The van der Waals surface area contributed by atoms with Crippen molar-refractivity contribution in [1.29, 1.82) is 0 Å². The first-order valence-electron chi connectivity index (χ1n) is 6.32. The first-order chi connectivity index (χ1) is 8.64. The maximum atomic E-state index is 3.15. The van der Waals surface area contributed by atoms with Gasteiger partial charge in [-0.05, 0) is 41.3 Å². The molecule has 0 fully saturated rings. The molecule has 88 valence electrons. The van der Waals surface area contributed by atoms with Crippen LogP contribution in [0, 0.1) is 11.8 Å². The third kappa shape index (κ3) is 1.41. The molecule has 0 nitrogen and oxygen atoms in total. The maximum absolute atomic E-state index is 3.15. The van der Waals surface area contributed by atoms with Crippen LogP contribution in [0.15, 0.2) is 42.5 Å². The number of hydrogen-bond donors (Lipinski definition) is 0. The Morgan fingerprint density at radius 1 is 0.889 bits per heavy atom. The van der Waals surface area contributed by atoms with Crippen LogP contribution in [0.2, 0.25) is 0 Å². The van der Waals surface area contributed by atoms with Crippen molar-refractivity contribution < 1.29 is 0 Å². The van der Waals surface area contributed by atoms with E-state index in [0.29, 0.717) is 0 Å². The minimum absolute atomic E-state index is 0.0807. The van der Waals surface area contributed by atoms with Crippen molar-refractivity contribution in [2.75, 3.05) is 0 Å². The molecule has 1 aliphatic rings. The van der Waals surface area contributed by atoms with Crippen molar-refractivity contribution in [2.24, 2.45) is 0 Å². The Balaban J connectivity index is 2.30. The van der Waals surface area contributed by atoms with Crippen LogP contribution in [0.3, 0.4) is 0 Å². The largest absolute Gasteiger partial charge is 0.101 e. The van der Waals surface area contributed by atoms with Crippen molar-refractivity contribution in [3.8, 4) is 23.0 Å². The van der Waals surface area contributed by atoms with Gasteiger partial charge in [0.25, 0.3) is 0 Å². The summed E-state index contributed by atoms with van der Waals surface area (Å²) in [4.78, 5) is 0. The molecular weight excluding hydrogens is 216 g/mol. The third-order valence-corrected chi connectivity index (χ3v) is 3.85. The molecule has 0 heterocycles. The minimum Gasteiger partial charge on any atom is -0.101 e. The molecule has 0 unspecified atom stereocenters. The monoisotopic (exact) mass is 232 g/mol. The average molecular weight is 232 g/mol. The van der Waals surface area contributed by atoms with Crippen LogP contribution in [-0.2, 0) is 5.41 Å². The Bertz CT molecular complexity index is 679. The summed E-state index contributed by atoms with van der Waals surface area (Å²) in [5, 5.41) is 0. The SMILES string of the molecule is CC#Cc1ccc2c(c1)C(C)(C)c1ccccc1-2. The highest BCUT2D eigenvalue weighted by Gasteiger charge is 2.34. The van der Waals surface area contributed by atoms with Crippen LogP contribution in [0.25, 0.3) is 11.1 Å². The molecule has 0 amide bonds. The number of fused-ring (bicyclic) bond motifs is 3. The second kappa shape index (κ2) is 3.75. The molecule has 1 aliphatic carbocycles. The standard InChI is InChI=1S/C18H16/c1-4-7-13-10-11-15-14-8-5-6-9-16(14)18(2,3)17(15)12-13/h5-6,8-12H,1-3H3. The molecule has 0 bridgehead atoms. The summed E-state index contributed by atoms with van der Waals surface area (Å²) in [7, 11) is 0. The van der Waals surface area contributed by atoms with Gasteiger partial charge in [0.15, 0.2) is 0 Å². The molecule has 0 saturated carbocycles. The fraction of sp³-hybridized carbons (Fsp3) is 0.222. The fourth-order valence-corrected chi connectivity index (χ4v) is 2.93. The van der Waals surface area contributed by atoms with Crippen LogP contribution in [0.5, 0.6) is 0 Å². The second-order valence-corrected chi connectivity index (χ2v) is 5.31. The summed E-state index contributed by atoms with van der Waals surface area (Å²) in [6.45, 7) is 6.47. The number of hydrogen-bond acceptors (Lipinski definition) is 0. The molecule has 3 rings (SSSR count). The lowest BCUT2D eigenvalue weighted by Crippen LogP contribution is -2.14. The predicted molar refractivity (Wildman–Crippen MR) is 76.6 cm³/mol. The van der Waals surface area contributed by atoms with E-state index in [2.05, 4.69) is 68.2 Å². The van der Waals surface area contributed by atoms with Gasteiger partial charge < -0.3 is 0 Å². The number of benzene rings is 2. The smallest absolute Gasteiger partial charge is 0.0248 e. The Morgan fingerprint density at radius 3 is 2.39 bits per heavy atom. The van der Waals surface area contributed by atoms with Gasteiger partial charge in [0, 0.05) is 11.0 Å². The van der Waals surface area contributed by atoms with Crippen molar-refractivity contribution in [3.05, 3.63) is 59.2 Å². The summed E-state index contributed by atoms with van der Waals surface area (Å²) in [5.41, 5.74) is 6.73. The maximum Gasteiger partial charge on any atom is 0.0248 e. The molecule has 0 heteroatoms. The summed E-state index contributed by atoms with van der Waals surface area (Å²) in [6.07, 6.45) is 0. The zero-order chi connectivity index (χ0) is 12.8. The Morgan fingerprint density at radius 2 is 1.61 bits per heavy atom. The van der Waals surface area contributed by atoms with E-state index in [0.717, 1.165) is 5.56 Å². The van der Waals surface area contributed by atoms with Crippen LogP contribution in [0.1, 0.15) is 37.5 Å². The van der Waals surface area contributed by atoms with E-state index in [4.69, 9.17) is 0 Å². The first kappa shape index (κ1) is 11.1. The number of rotatable bonds is 0. The highest BCUT2D eigenvalue weighted by atomic mass is 14.4. The van der Waals surface area contributed by atoms with E-state index in [-0.39, 0.29) is 5.41 Å². The zero-order valence-corrected chi connectivity index (χ0v) is 11.0. The molecule has 2 aromatic rings. The molecule has 2 aromatic carbocycles. The lowest BCUT2D eigenvalue weighted by atomic mass is 9.82. The molecular formula is C18H16. The van der Waals surface area contributed by atoms with Gasteiger partial charge in [0.1, 0.15) is 0 Å². The Labute approximate surface area is 109 Å². The van der Waals surface area contributed by atoms with Gasteiger partial charge in [-0.25, -0.2) is 0 Å². The normalized spacial score (nSPS) is 14.4. The highest BCUT2D eigenvalue weighted by Crippen LogP contribution is 2.48. The van der Waals surface area contributed by atoms with Gasteiger partial charge in [0.2, 0.25) is 0 Å². The summed E-state index contributed by atoms with van der Waals surface area (Å²) < 4.78 is 0. The van der Waals surface area contributed by atoms with Gasteiger partial charge in [0.05, 0.1) is 0 Å². The van der Waals surface area contributed by atoms with E-state index in [9.17, 15) is 0 Å². The van der Waals surface area contributed by atoms with Crippen molar-refractivity contribution >= 4 is 0 Å². The minimum atomic E-state index is 0.0807. The molecule has 0 radical (unpaired) electrons. The molecule has 0 aliphatic heterocycles. The predicted octanol–water partition coefficient (Wildman–Crippen LogP) is 4.36. The molecule has 0 N–H and O–H groups in total. The quantitative estimate of drug-likeness (QED) is 0.592. The molecule has 18 heavy (non-hydrogen) atoms. The lowest BCUT2D eigenvalue weighted by Gasteiger charge is -2.21. The van der Waals surface area contributed by atoms with Gasteiger partial charge >= 0.3 is 0 Å². The van der Waals surface area contributed by atoms with Crippen LogP contribution >= 0.6 is 0 Å². The van der Waals surface area contributed by atoms with Crippen molar-refractivity contribution in [3.63, 3.8) is 0 Å². The van der Waals surface area contributed by atoms with E-state index >= 15 is 0 Å². The summed E-state index contributed by atoms with van der Waals surface area (Å²) in [6, 6.07) is 15.3. The Kier molecular flexibility index (Phi) is 2.31. The van der Waals surface area contributed by atoms with Gasteiger partial charge in [-0.1, -0.05) is 50.1 Å². The molecule has 0 aromatic heterocycles. The van der Waals surface area contributed by atoms with Crippen molar-refractivity contribution in [2.45, 2.75) is 26.2 Å². The first-order valence-corrected chi connectivity index (χ1v) is 6.32. The van der Waals surface area contributed by atoms with E-state index in [1.54, 1.807) is 0 Å². The summed E-state index contributed by atoms with van der Waals surface area (Å²) >= 11 is 0. The molecule has 0 saturated heterocycles. The highest BCUT2D eigenvalue weighted by molar-refractivity contribution is 5.81. The lowest BCUT2D eigenvalue weighted by molar-refractivity contribution is 0.660. The third-order valence-electron chi connectivity index (χ3n) is 3.85. The van der Waals surface area contributed by atoms with E-state index in [1.165, 1.54) is 22.3 Å². The van der Waals surface area contributed by atoms with Crippen LogP contribution in [-0.4, -0.2) is 0 Å². The zero-order valence-electron chi connectivity index (χ0n) is 11.0. The van der Waals surface area contributed by atoms with E-state index < -0.39 is 0 Å². The van der Waals surface area contributed by atoms with Gasteiger partial charge in [-0.2, -0.15) is 0 Å². The fourth-order valence-electron chi connectivity index (χ4n) is 2.93. The molecule has 0 spiro atoms. The topological polar surface area (TPSA) is 0 Å². The van der Waals surface area contributed by atoms with Gasteiger partial charge in [-0.15, -0.1) is 5.92 Å². The van der Waals surface area contributed by atoms with Gasteiger partial charge in [-0.3, -0.25) is 0 Å². The van der Waals surface area contributed by atoms with Crippen molar-refractivity contribution in [1.82, 2.24) is 0 Å². The van der Waals surface area contributed by atoms with Crippen LogP contribution in [0.4, 0.5) is 0 Å². The average Bonchev–Trinajstić information content (AvgIpc) is 2.60. The van der Waals surface area contributed by atoms with E-state index in [1.807, 2.05) is 6.92 Å². The second-order valence-electron chi connectivity index (χ2n) is 5.31. The molecule has 0 atom stereocenters. The van der Waals surface area contributed by atoms with Crippen LogP contribution < -0.4 is 0 Å². The Hall–Kier alpha value is -2.00. The summed E-state index contributed by atoms with van der Waals surface area (Å²) in [5.74, 6) is 6.13.